The molecule has 0 saturated carbocycles. The van der Waals surface area contributed by atoms with Crippen molar-refractivity contribution in [3.8, 4) is 0 Å². The second-order valence-electron chi connectivity index (χ2n) is 5.90. The molecule has 3 heterocycles. The topological polar surface area (TPSA) is 90.6 Å². The first-order chi connectivity index (χ1) is 11.2. The van der Waals surface area contributed by atoms with E-state index in [2.05, 4.69) is 15.3 Å². The molecule has 1 aromatic heterocycles. The van der Waals surface area contributed by atoms with Gasteiger partial charge in [0.2, 0.25) is 11.8 Å². The number of halogens is 2. The number of nitrogens with one attached hydrogen (secondary N) is 2. The van der Waals surface area contributed by atoms with Gasteiger partial charge in [0.05, 0.1) is 12.0 Å². The number of carbonyl (C=O) groups is 2. The van der Waals surface area contributed by atoms with Gasteiger partial charge in [-0.25, -0.2) is 4.98 Å². The molecule has 10 heteroatoms. The third-order valence-corrected chi connectivity index (χ3v) is 4.42. The molecule has 0 spiro atoms. The summed E-state index contributed by atoms with van der Waals surface area (Å²) in [5.74, 6) is 0.0197. The van der Waals surface area contributed by atoms with Crippen LogP contribution in [-0.2, 0) is 20.7 Å². The van der Waals surface area contributed by atoms with Crippen LogP contribution in [0.15, 0.2) is 6.33 Å². The van der Waals surface area contributed by atoms with E-state index in [0.717, 1.165) is 30.8 Å². The molecule has 25 heavy (non-hydrogen) atoms. The summed E-state index contributed by atoms with van der Waals surface area (Å²) in [7, 11) is 1.52. The largest absolute Gasteiger partial charge is 0.375 e. The summed E-state index contributed by atoms with van der Waals surface area (Å²) in [6, 6.07) is -0.383. The molecule has 0 aliphatic carbocycles. The summed E-state index contributed by atoms with van der Waals surface area (Å²) in [6.45, 7) is 3.28. The maximum atomic E-state index is 12.9. The quantitative estimate of drug-likeness (QED) is 0.762. The smallest absolute Gasteiger partial charge is 0.248 e. The fourth-order valence-electron chi connectivity index (χ4n) is 3.21. The predicted molar refractivity (Wildman–Crippen MR) is 97.2 cm³/mol. The third kappa shape index (κ3) is 4.84. The van der Waals surface area contributed by atoms with E-state index >= 15 is 0 Å². The number of methoxy groups -OCH3 is 1. The van der Waals surface area contributed by atoms with Crippen molar-refractivity contribution < 1.29 is 14.3 Å². The minimum atomic E-state index is -0.383. The highest BCUT2D eigenvalue weighted by molar-refractivity contribution is 5.85. The zero-order valence-corrected chi connectivity index (χ0v) is 15.8. The van der Waals surface area contributed by atoms with Gasteiger partial charge in [-0.1, -0.05) is 0 Å². The molecule has 1 unspecified atom stereocenters. The summed E-state index contributed by atoms with van der Waals surface area (Å²) in [5, 5.41) is 3.26. The van der Waals surface area contributed by atoms with Gasteiger partial charge < -0.3 is 24.8 Å². The highest BCUT2D eigenvalue weighted by Crippen LogP contribution is 2.22. The van der Waals surface area contributed by atoms with Gasteiger partial charge in [-0.2, -0.15) is 0 Å². The van der Waals surface area contributed by atoms with Crippen molar-refractivity contribution in [2.45, 2.75) is 18.9 Å². The Labute approximate surface area is 159 Å². The van der Waals surface area contributed by atoms with Gasteiger partial charge in [0.1, 0.15) is 12.6 Å². The molecule has 2 aliphatic rings. The van der Waals surface area contributed by atoms with Gasteiger partial charge in [-0.15, -0.1) is 24.8 Å². The molecule has 3 rings (SSSR count). The number of H-pyrrole nitrogens is 1. The zero-order chi connectivity index (χ0) is 16.2. The molecule has 1 aromatic rings. The van der Waals surface area contributed by atoms with E-state index in [-0.39, 0.29) is 49.3 Å². The van der Waals surface area contributed by atoms with Crippen LogP contribution in [0.25, 0.3) is 0 Å². The van der Waals surface area contributed by atoms with E-state index in [9.17, 15) is 9.59 Å². The number of aromatic nitrogens is 2. The predicted octanol–water partition coefficient (Wildman–Crippen LogP) is 0.147. The Balaban J connectivity index is 0.00000156. The number of fused-ring (bicyclic) bond motifs is 1. The lowest BCUT2D eigenvalue weighted by Gasteiger charge is -2.28. The van der Waals surface area contributed by atoms with E-state index in [1.807, 2.05) is 4.90 Å². The molecular weight excluding hydrogens is 369 g/mol. The summed E-state index contributed by atoms with van der Waals surface area (Å²) in [5.41, 5.74) is 1.84. The molecule has 1 fully saturated rings. The van der Waals surface area contributed by atoms with Crippen molar-refractivity contribution in [1.29, 1.82) is 0 Å². The minimum absolute atomic E-state index is 0. The zero-order valence-electron chi connectivity index (χ0n) is 14.2. The van der Waals surface area contributed by atoms with Crippen LogP contribution in [0.3, 0.4) is 0 Å². The Morgan fingerprint density at radius 1 is 1.24 bits per heavy atom. The Morgan fingerprint density at radius 3 is 2.72 bits per heavy atom. The van der Waals surface area contributed by atoms with E-state index < -0.39 is 0 Å². The summed E-state index contributed by atoms with van der Waals surface area (Å²) in [6.07, 6.45) is 3.28. The van der Waals surface area contributed by atoms with Crippen LogP contribution in [0.4, 0.5) is 0 Å². The van der Waals surface area contributed by atoms with Gasteiger partial charge in [-0.05, 0) is 6.42 Å². The maximum absolute atomic E-state index is 12.9. The number of hydrogen-bond acceptors (Lipinski definition) is 5. The van der Waals surface area contributed by atoms with Gasteiger partial charge in [-0.3, -0.25) is 9.59 Å². The van der Waals surface area contributed by atoms with Gasteiger partial charge in [0.15, 0.2) is 0 Å². The molecule has 0 bridgehead atoms. The number of carbonyl (C=O) groups excluding carboxylic acids is 2. The molecule has 8 nitrogen and oxygen atoms in total. The van der Waals surface area contributed by atoms with Crippen molar-refractivity contribution >= 4 is 36.6 Å². The third-order valence-electron chi connectivity index (χ3n) is 4.42. The number of rotatable bonds is 3. The number of imidazole rings is 1. The highest BCUT2D eigenvalue weighted by Gasteiger charge is 2.32. The molecule has 0 aromatic carbocycles. The van der Waals surface area contributed by atoms with Crippen LogP contribution in [0.1, 0.15) is 23.9 Å². The van der Waals surface area contributed by atoms with Crippen LogP contribution >= 0.6 is 24.8 Å². The number of aromatic amines is 1. The number of nitrogens with zero attached hydrogens (tertiary/aromatic N) is 3. The number of ether oxygens (including phenoxy) is 1. The molecule has 1 saturated heterocycles. The molecule has 2 N–H and O–H groups in total. The SMILES string of the molecule is COCC(=O)N1CCCN(C(=O)C2NCCc3[nH]cnc32)CC1.Cl.Cl. The van der Waals surface area contributed by atoms with Crippen LogP contribution < -0.4 is 5.32 Å². The summed E-state index contributed by atoms with van der Waals surface area (Å²) >= 11 is 0. The second kappa shape index (κ2) is 9.96. The Morgan fingerprint density at radius 2 is 1.96 bits per heavy atom. The van der Waals surface area contributed by atoms with E-state index in [1.165, 1.54) is 7.11 Å². The monoisotopic (exact) mass is 393 g/mol. The lowest BCUT2D eigenvalue weighted by molar-refractivity contribution is -0.136. The van der Waals surface area contributed by atoms with Gasteiger partial charge in [0, 0.05) is 51.9 Å². The van der Waals surface area contributed by atoms with E-state index in [0.29, 0.717) is 26.2 Å². The molecular formula is C15H25Cl2N5O3. The first kappa shape index (κ1) is 21.7. The molecule has 2 amide bonds. The number of hydrogen-bond donors (Lipinski definition) is 2. The molecule has 1 atom stereocenters. The Kier molecular flexibility index (Phi) is 8.64. The van der Waals surface area contributed by atoms with Crippen LogP contribution in [-0.4, -0.2) is 78.0 Å². The summed E-state index contributed by atoms with van der Waals surface area (Å²) in [4.78, 5) is 35.8. The van der Waals surface area contributed by atoms with Crippen LogP contribution in [0.2, 0.25) is 0 Å². The van der Waals surface area contributed by atoms with Crippen molar-refractivity contribution in [3.63, 3.8) is 0 Å². The Hall–Kier alpha value is -1.35. The van der Waals surface area contributed by atoms with Gasteiger partial charge >= 0.3 is 0 Å². The first-order valence-corrected chi connectivity index (χ1v) is 8.01. The average Bonchev–Trinajstić information content (AvgIpc) is 2.90. The van der Waals surface area contributed by atoms with E-state index in [1.54, 1.807) is 11.2 Å². The molecule has 0 radical (unpaired) electrons. The molecule has 2 aliphatic heterocycles. The van der Waals surface area contributed by atoms with Crippen molar-refractivity contribution in [2.24, 2.45) is 0 Å². The summed E-state index contributed by atoms with van der Waals surface area (Å²) < 4.78 is 4.90. The van der Waals surface area contributed by atoms with Crippen LogP contribution in [0.5, 0.6) is 0 Å². The van der Waals surface area contributed by atoms with Crippen molar-refractivity contribution in [2.75, 3.05) is 46.4 Å². The standard InChI is InChI=1S/C15H23N5O3.2ClH/c1-23-9-12(21)19-5-2-6-20(8-7-19)15(22)14-13-11(3-4-16-14)17-10-18-13;;/h10,14,16H,2-9H2,1H3,(H,17,18);2*1H. The van der Waals surface area contributed by atoms with Crippen molar-refractivity contribution in [3.05, 3.63) is 17.7 Å². The lowest BCUT2D eigenvalue weighted by Crippen LogP contribution is -2.45. The normalized spacial score (nSPS) is 20.0. The fraction of sp³-hybridized carbons (Fsp3) is 0.667. The highest BCUT2D eigenvalue weighted by atomic mass is 35.5. The van der Waals surface area contributed by atoms with Crippen LogP contribution in [0, 0.1) is 0 Å². The Bertz CT molecular complexity index is 583. The first-order valence-electron chi connectivity index (χ1n) is 8.01. The van der Waals surface area contributed by atoms with E-state index in [4.69, 9.17) is 4.74 Å². The average molecular weight is 394 g/mol. The fourth-order valence-corrected chi connectivity index (χ4v) is 3.21. The van der Waals surface area contributed by atoms with Crippen molar-refractivity contribution in [1.82, 2.24) is 25.1 Å². The molecule has 142 valence electrons. The van der Waals surface area contributed by atoms with Gasteiger partial charge in [0.25, 0.3) is 0 Å². The maximum Gasteiger partial charge on any atom is 0.248 e. The number of amides is 2. The lowest BCUT2D eigenvalue weighted by atomic mass is 10.0. The minimum Gasteiger partial charge on any atom is -0.375 e. The second-order valence-corrected chi connectivity index (χ2v) is 5.90.